The molecule has 1 aromatic heterocycles. The Bertz CT molecular complexity index is 301. The second-order valence-electron chi connectivity index (χ2n) is 4.65. The second kappa shape index (κ2) is 2.86. The fraction of sp³-hybridized carbons (Fsp3) is 0.727. The summed E-state index contributed by atoms with van der Waals surface area (Å²) in [5, 5.41) is 4.22. The fourth-order valence-corrected chi connectivity index (χ4v) is 2.65. The van der Waals surface area contributed by atoms with Gasteiger partial charge >= 0.3 is 0 Å². The molecule has 0 aliphatic heterocycles. The predicted molar refractivity (Wildman–Crippen MR) is 53.4 cm³/mol. The average Bonchev–Trinajstić information content (AvgIpc) is 2.51. The van der Waals surface area contributed by atoms with Gasteiger partial charge in [-0.3, -0.25) is 4.68 Å². The lowest BCUT2D eigenvalue weighted by molar-refractivity contribution is 0.524. The van der Waals surface area contributed by atoms with E-state index < -0.39 is 0 Å². The lowest BCUT2D eigenvalue weighted by Gasteiger charge is -2.00. The van der Waals surface area contributed by atoms with E-state index in [1.165, 1.54) is 5.56 Å². The molecule has 0 radical (unpaired) electrons. The first-order chi connectivity index (χ1) is 6.11. The molecule has 2 rings (SSSR count). The van der Waals surface area contributed by atoms with Crippen molar-refractivity contribution in [1.82, 2.24) is 9.78 Å². The minimum Gasteiger partial charge on any atom is -0.276 e. The molecule has 13 heavy (non-hydrogen) atoms. The molecule has 2 heteroatoms. The van der Waals surface area contributed by atoms with Crippen molar-refractivity contribution in [3.05, 3.63) is 18.0 Å². The highest BCUT2D eigenvalue weighted by Crippen LogP contribution is 2.57. The summed E-state index contributed by atoms with van der Waals surface area (Å²) in [5.74, 6) is 3.31. The Morgan fingerprint density at radius 1 is 1.46 bits per heavy atom. The van der Waals surface area contributed by atoms with Gasteiger partial charge in [0.25, 0.3) is 0 Å². The maximum absolute atomic E-state index is 4.22. The summed E-state index contributed by atoms with van der Waals surface area (Å²) in [6, 6.07) is 0. The highest BCUT2D eigenvalue weighted by atomic mass is 15.2. The molecule has 0 bridgehead atoms. The summed E-state index contributed by atoms with van der Waals surface area (Å²) >= 11 is 0. The van der Waals surface area contributed by atoms with Crippen molar-refractivity contribution in [2.75, 3.05) is 0 Å². The SMILES string of the molecule is CC(C)C1C(C)C1c1cnn(C)c1. The number of nitrogens with zero attached hydrogens (tertiary/aromatic N) is 2. The lowest BCUT2D eigenvalue weighted by Crippen LogP contribution is -1.92. The van der Waals surface area contributed by atoms with Crippen molar-refractivity contribution < 1.29 is 0 Å². The summed E-state index contributed by atoms with van der Waals surface area (Å²) in [6.07, 6.45) is 4.17. The van der Waals surface area contributed by atoms with Crippen LogP contribution in [-0.2, 0) is 7.05 Å². The van der Waals surface area contributed by atoms with E-state index >= 15 is 0 Å². The molecule has 72 valence electrons. The van der Waals surface area contributed by atoms with Crippen molar-refractivity contribution in [3.8, 4) is 0 Å². The van der Waals surface area contributed by atoms with Gasteiger partial charge in [0.15, 0.2) is 0 Å². The summed E-state index contributed by atoms with van der Waals surface area (Å²) in [7, 11) is 1.99. The van der Waals surface area contributed by atoms with E-state index in [0.717, 1.165) is 23.7 Å². The van der Waals surface area contributed by atoms with Gasteiger partial charge in [0, 0.05) is 13.2 Å². The summed E-state index contributed by atoms with van der Waals surface area (Å²) in [6.45, 7) is 6.98. The molecule has 3 atom stereocenters. The van der Waals surface area contributed by atoms with Crippen molar-refractivity contribution in [2.45, 2.75) is 26.7 Å². The molecule has 0 spiro atoms. The highest BCUT2D eigenvalue weighted by Gasteiger charge is 2.49. The summed E-state index contributed by atoms with van der Waals surface area (Å²) in [5.41, 5.74) is 1.42. The van der Waals surface area contributed by atoms with E-state index in [2.05, 4.69) is 32.1 Å². The summed E-state index contributed by atoms with van der Waals surface area (Å²) in [4.78, 5) is 0. The molecule has 1 aliphatic carbocycles. The van der Waals surface area contributed by atoms with Crippen LogP contribution in [0.25, 0.3) is 0 Å². The first-order valence-corrected chi connectivity index (χ1v) is 5.10. The zero-order valence-corrected chi connectivity index (χ0v) is 8.86. The molecule has 1 fully saturated rings. The third-order valence-electron chi connectivity index (χ3n) is 3.33. The van der Waals surface area contributed by atoms with E-state index in [9.17, 15) is 0 Å². The van der Waals surface area contributed by atoms with E-state index in [-0.39, 0.29) is 0 Å². The molecule has 0 amide bonds. The van der Waals surface area contributed by atoms with Crippen LogP contribution in [0.4, 0.5) is 0 Å². The van der Waals surface area contributed by atoms with E-state index in [1.54, 1.807) is 0 Å². The van der Waals surface area contributed by atoms with Gasteiger partial charge < -0.3 is 0 Å². The van der Waals surface area contributed by atoms with Gasteiger partial charge in [0.1, 0.15) is 0 Å². The van der Waals surface area contributed by atoms with Gasteiger partial charge in [0.2, 0.25) is 0 Å². The van der Waals surface area contributed by atoms with Crippen molar-refractivity contribution in [1.29, 1.82) is 0 Å². The average molecular weight is 178 g/mol. The Hall–Kier alpha value is -0.790. The molecular weight excluding hydrogens is 160 g/mol. The highest BCUT2D eigenvalue weighted by molar-refractivity contribution is 5.23. The maximum atomic E-state index is 4.22. The molecule has 0 saturated heterocycles. The Morgan fingerprint density at radius 3 is 2.54 bits per heavy atom. The zero-order chi connectivity index (χ0) is 9.59. The molecule has 1 heterocycles. The number of aryl methyl sites for hydroxylation is 1. The van der Waals surface area contributed by atoms with Crippen LogP contribution in [0, 0.1) is 17.8 Å². The Morgan fingerprint density at radius 2 is 2.15 bits per heavy atom. The minimum atomic E-state index is 0.772. The first kappa shape index (κ1) is 8.79. The van der Waals surface area contributed by atoms with E-state index in [4.69, 9.17) is 0 Å². The number of aromatic nitrogens is 2. The second-order valence-corrected chi connectivity index (χ2v) is 4.65. The van der Waals surface area contributed by atoms with Gasteiger partial charge in [-0.05, 0) is 29.2 Å². The van der Waals surface area contributed by atoms with Crippen LogP contribution in [0.3, 0.4) is 0 Å². The molecular formula is C11H18N2. The van der Waals surface area contributed by atoms with Crippen LogP contribution < -0.4 is 0 Å². The van der Waals surface area contributed by atoms with Gasteiger partial charge in [-0.15, -0.1) is 0 Å². The van der Waals surface area contributed by atoms with Gasteiger partial charge in [-0.1, -0.05) is 20.8 Å². The molecule has 1 aliphatic rings. The third-order valence-corrected chi connectivity index (χ3v) is 3.33. The molecule has 2 nitrogen and oxygen atoms in total. The minimum absolute atomic E-state index is 0.772. The van der Waals surface area contributed by atoms with Crippen LogP contribution in [0.2, 0.25) is 0 Å². The quantitative estimate of drug-likeness (QED) is 0.680. The number of hydrogen-bond donors (Lipinski definition) is 0. The Labute approximate surface area is 80.0 Å². The van der Waals surface area contributed by atoms with Gasteiger partial charge in [-0.25, -0.2) is 0 Å². The van der Waals surface area contributed by atoms with E-state index in [0.29, 0.717) is 0 Å². The van der Waals surface area contributed by atoms with Gasteiger partial charge in [0.05, 0.1) is 6.20 Å². The molecule has 0 aromatic carbocycles. The molecule has 3 unspecified atom stereocenters. The lowest BCUT2D eigenvalue weighted by atomic mass is 10.1. The topological polar surface area (TPSA) is 17.8 Å². The molecule has 0 N–H and O–H groups in total. The molecule has 1 aromatic rings. The Kier molecular flexibility index (Phi) is 1.94. The van der Waals surface area contributed by atoms with Crippen LogP contribution in [0.5, 0.6) is 0 Å². The van der Waals surface area contributed by atoms with E-state index in [1.807, 2.05) is 17.9 Å². The van der Waals surface area contributed by atoms with Crippen LogP contribution in [0.1, 0.15) is 32.3 Å². The Balaban J connectivity index is 2.13. The fourth-order valence-electron chi connectivity index (χ4n) is 2.65. The smallest absolute Gasteiger partial charge is 0.0524 e. The number of hydrogen-bond acceptors (Lipinski definition) is 1. The maximum Gasteiger partial charge on any atom is 0.0524 e. The van der Waals surface area contributed by atoms with Crippen LogP contribution in [-0.4, -0.2) is 9.78 Å². The van der Waals surface area contributed by atoms with Crippen molar-refractivity contribution >= 4 is 0 Å². The summed E-state index contributed by atoms with van der Waals surface area (Å²) < 4.78 is 1.90. The van der Waals surface area contributed by atoms with Crippen LogP contribution in [0.15, 0.2) is 12.4 Å². The largest absolute Gasteiger partial charge is 0.276 e. The molecule has 1 saturated carbocycles. The first-order valence-electron chi connectivity index (χ1n) is 5.10. The number of rotatable bonds is 2. The van der Waals surface area contributed by atoms with Gasteiger partial charge in [-0.2, -0.15) is 5.10 Å². The van der Waals surface area contributed by atoms with Crippen molar-refractivity contribution in [3.63, 3.8) is 0 Å². The predicted octanol–water partition coefficient (Wildman–Crippen LogP) is 2.43. The monoisotopic (exact) mass is 178 g/mol. The normalized spacial score (nSPS) is 32.5. The third kappa shape index (κ3) is 1.38. The van der Waals surface area contributed by atoms with Crippen LogP contribution >= 0.6 is 0 Å². The zero-order valence-electron chi connectivity index (χ0n) is 8.86. The standard InChI is InChI=1S/C11H18N2/c1-7(2)10-8(3)11(10)9-5-12-13(4)6-9/h5-8,10-11H,1-4H3. The van der Waals surface area contributed by atoms with Crippen molar-refractivity contribution in [2.24, 2.45) is 24.8 Å².